The van der Waals surface area contributed by atoms with Crippen molar-refractivity contribution in [1.29, 1.82) is 0 Å². The van der Waals surface area contributed by atoms with E-state index < -0.39 is 0 Å². The standard InChI is InChI=1S/C23H34N2O/c1-18(26)24-22-11-12-23(21-10-6-5-9-20(21)22)13-15-25(16-14-23)17-19-7-3-2-4-8-19/h5-6,9-10,19,22H,2-4,7-8,11-17H2,1H3,(H,24,26)/t22-/m0/s1. The first-order chi connectivity index (χ1) is 12.7. The van der Waals surface area contributed by atoms with Gasteiger partial charge in [-0.05, 0) is 74.1 Å². The number of likely N-dealkylation sites (tertiary alicyclic amines) is 1. The van der Waals surface area contributed by atoms with Crippen LogP contribution in [0.15, 0.2) is 24.3 Å². The molecule has 4 rings (SSSR count). The topological polar surface area (TPSA) is 32.3 Å². The lowest BCUT2D eigenvalue weighted by atomic mass is 9.63. The highest BCUT2D eigenvalue weighted by Crippen LogP contribution is 2.48. The zero-order valence-electron chi connectivity index (χ0n) is 16.3. The SMILES string of the molecule is CC(=O)N[C@H]1CCC2(CCN(CC3CCCCC3)CC2)c2ccccc21. The minimum Gasteiger partial charge on any atom is -0.350 e. The average molecular weight is 355 g/mol. The molecule has 1 atom stereocenters. The molecule has 26 heavy (non-hydrogen) atoms. The summed E-state index contributed by atoms with van der Waals surface area (Å²) in [5.74, 6) is 1.03. The van der Waals surface area contributed by atoms with Crippen LogP contribution in [0.3, 0.4) is 0 Å². The fourth-order valence-electron chi connectivity index (χ4n) is 5.81. The second-order valence-electron chi connectivity index (χ2n) is 8.96. The van der Waals surface area contributed by atoms with E-state index in [-0.39, 0.29) is 11.9 Å². The molecule has 0 unspecified atom stereocenters. The van der Waals surface area contributed by atoms with Crippen molar-refractivity contribution in [2.24, 2.45) is 5.92 Å². The van der Waals surface area contributed by atoms with Gasteiger partial charge in [0.25, 0.3) is 0 Å². The molecule has 0 bridgehead atoms. The predicted molar refractivity (Wildman–Crippen MR) is 106 cm³/mol. The third-order valence-corrected chi connectivity index (χ3v) is 7.25. The maximum Gasteiger partial charge on any atom is 0.217 e. The van der Waals surface area contributed by atoms with Crippen LogP contribution in [-0.4, -0.2) is 30.4 Å². The number of fused-ring (bicyclic) bond motifs is 2. The van der Waals surface area contributed by atoms with Gasteiger partial charge >= 0.3 is 0 Å². The van der Waals surface area contributed by atoms with Crippen LogP contribution < -0.4 is 5.32 Å². The normalized spacial score (nSPS) is 26.4. The minimum atomic E-state index is 0.0862. The van der Waals surface area contributed by atoms with E-state index in [4.69, 9.17) is 0 Å². The summed E-state index contributed by atoms with van der Waals surface area (Å²) < 4.78 is 0. The Kier molecular flexibility index (Phi) is 5.35. The van der Waals surface area contributed by atoms with Crippen molar-refractivity contribution in [2.45, 2.75) is 76.2 Å². The third kappa shape index (κ3) is 3.69. The number of rotatable bonds is 3. The average Bonchev–Trinajstić information content (AvgIpc) is 2.67. The Labute approximate surface area is 158 Å². The highest BCUT2D eigenvalue weighted by atomic mass is 16.1. The molecule has 1 aromatic carbocycles. The van der Waals surface area contributed by atoms with E-state index in [1.807, 2.05) is 0 Å². The molecule has 0 radical (unpaired) electrons. The minimum absolute atomic E-state index is 0.0862. The van der Waals surface area contributed by atoms with Gasteiger partial charge in [-0.1, -0.05) is 43.5 Å². The Bertz CT molecular complexity index is 627. The van der Waals surface area contributed by atoms with Crippen LogP contribution in [0.1, 0.15) is 81.9 Å². The fraction of sp³-hybridized carbons (Fsp3) is 0.696. The maximum absolute atomic E-state index is 11.6. The maximum atomic E-state index is 11.6. The lowest BCUT2D eigenvalue weighted by molar-refractivity contribution is -0.119. The van der Waals surface area contributed by atoms with Crippen molar-refractivity contribution in [3.8, 4) is 0 Å². The molecule has 2 fully saturated rings. The van der Waals surface area contributed by atoms with E-state index in [2.05, 4.69) is 34.5 Å². The summed E-state index contributed by atoms with van der Waals surface area (Å²) >= 11 is 0. The summed E-state index contributed by atoms with van der Waals surface area (Å²) in [6.07, 6.45) is 12.1. The van der Waals surface area contributed by atoms with Crippen molar-refractivity contribution in [2.75, 3.05) is 19.6 Å². The Morgan fingerprint density at radius 3 is 2.54 bits per heavy atom. The summed E-state index contributed by atoms with van der Waals surface area (Å²) in [6.45, 7) is 5.45. The molecule has 1 aliphatic heterocycles. The van der Waals surface area contributed by atoms with Gasteiger partial charge < -0.3 is 10.2 Å². The molecule has 1 heterocycles. The molecule has 1 amide bonds. The van der Waals surface area contributed by atoms with Crippen LogP contribution in [0.5, 0.6) is 0 Å². The number of nitrogens with zero attached hydrogens (tertiary/aromatic N) is 1. The zero-order valence-corrected chi connectivity index (χ0v) is 16.3. The molecule has 1 saturated heterocycles. The second kappa shape index (κ2) is 7.72. The fourth-order valence-corrected chi connectivity index (χ4v) is 5.81. The number of piperidine rings is 1. The molecule has 3 nitrogen and oxygen atoms in total. The molecule has 1 aromatic rings. The van der Waals surface area contributed by atoms with Crippen molar-refractivity contribution in [1.82, 2.24) is 10.2 Å². The molecule has 3 aliphatic rings. The van der Waals surface area contributed by atoms with Gasteiger partial charge in [0.2, 0.25) is 5.91 Å². The van der Waals surface area contributed by atoms with Gasteiger partial charge in [-0.2, -0.15) is 0 Å². The van der Waals surface area contributed by atoms with Gasteiger partial charge in [0.1, 0.15) is 0 Å². The number of carbonyl (C=O) groups is 1. The molecule has 3 heteroatoms. The number of benzene rings is 1. The van der Waals surface area contributed by atoms with Gasteiger partial charge in [0.15, 0.2) is 0 Å². The van der Waals surface area contributed by atoms with E-state index in [0.717, 1.165) is 12.3 Å². The highest BCUT2D eigenvalue weighted by molar-refractivity contribution is 5.73. The van der Waals surface area contributed by atoms with E-state index in [0.29, 0.717) is 5.41 Å². The van der Waals surface area contributed by atoms with E-state index >= 15 is 0 Å². The quantitative estimate of drug-likeness (QED) is 0.862. The Balaban J connectivity index is 1.45. The Hall–Kier alpha value is -1.35. The number of hydrogen-bond acceptors (Lipinski definition) is 2. The lowest BCUT2D eigenvalue weighted by Gasteiger charge is -2.48. The summed E-state index contributed by atoms with van der Waals surface area (Å²) in [4.78, 5) is 14.3. The first-order valence-electron chi connectivity index (χ1n) is 10.8. The number of nitrogens with one attached hydrogen (secondary N) is 1. The smallest absolute Gasteiger partial charge is 0.217 e. The van der Waals surface area contributed by atoms with Crippen molar-refractivity contribution in [3.63, 3.8) is 0 Å². The van der Waals surface area contributed by atoms with Crippen molar-refractivity contribution in [3.05, 3.63) is 35.4 Å². The Morgan fingerprint density at radius 2 is 1.81 bits per heavy atom. The van der Waals surface area contributed by atoms with Crippen LogP contribution in [0, 0.1) is 5.92 Å². The molecule has 1 saturated carbocycles. The third-order valence-electron chi connectivity index (χ3n) is 7.25. The summed E-state index contributed by atoms with van der Waals surface area (Å²) in [7, 11) is 0. The van der Waals surface area contributed by atoms with E-state index in [1.54, 1.807) is 6.92 Å². The molecule has 2 aliphatic carbocycles. The number of carbonyl (C=O) groups excluding carboxylic acids is 1. The summed E-state index contributed by atoms with van der Waals surface area (Å²) in [5, 5.41) is 3.17. The van der Waals surface area contributed by atoms with Crippen LogP contribution in [0.25, 0.3) is 0 Å². The van der Waals surface area contributed by atoms with Gasteiger partial charge in [0.05, 0.1) is 6.04 Å². The summed E-state index contributed by atoms with van der Waals surface area (Å²) in [6, 6.07) is 9.09. The number of hydrogen-bond donors (Lipinski definition) is 1. The second-order valence-corrected chi connectivity index (χ2v) is 8.96. The Morgan fingerprint density at radius 1 is 1.08 bits per heavy atom. The van der Waals surface area contributed by atoms with Crippen LogP contribution >= 0.6 is 0 Å². The molecule has 1 N–H and O–H groups in total. The van der Waals surface area contributed by atoms with Crippen molar-refractivity contribution < 1.29 is 4.79 Å². The van der Waals surface area contributed by atoms with Gasteiger partial charge in [-0.3, -0.25) is 4.79 Å². The first kappa shape index (κ1) is 18.0. The highest BCUT2D eigenvalue weighted by Gasteiger charge is 2.42. The predicted octanol–water partition coefficient (Wildman–Crippen LogP) is 4.57. The first-order valence-corrected chi connectivity index (χ1v) is 10.8. The van der Waals surface area contributed by atoms with Crippen LogP contribution in [-0.2, 0) is 10.2 Å². The molecular weight excluding hydrogens is 320 g/mol. The van der Waals surface area contributed by atoms with Gasteiger partial charge in [-0.25, -0.2) is 0 Å². The largest absolute Gasteiger partial charge is 0.350 e. The molecule has 0 aromatic heterocycles. The molecule has 142 valence electrons. The zero-order chi connectivity index (χ0) is 18.0. The summed E-state index contributed by atoms with van der Waals surface area (Å²) in [5.41, 5.74) is 3.23. The van der Waals surface area contributed by atoms with Gasteiger partial charge in [-0.15, -0.1) is 0 Å². The molecular formula is C23H34N2O. The van der Waals surface area contributed by atoms with Gasteiger partial charge in [0, 0.05) is 13.5 Å². The number of amides is 1. The monoisotopic (exact) mass is 354 g/mol. The van der Waals surface area contributed by atoms with Crippen molar-refractivity contribution >= 4 is 5.91 Å². The lowest BCUT2D eigenvalue weighted by Crippen LogP contribution is -2.47. The van der Waals surface area contributed by atoms with Crippen LogP contribution in [0.4, 0.5) is 0 Å². The molecule has 1 spiro atoms. The van der Waals surface area contributed by atoms with E-state index in [1.165, 1.54) is 82.1 Å². The van der Waals surface area contributed by atoms with Crippen LogP contribution in [0.2, 0.25) is 0 Å². The van der Waals surface area contributed by atoms with E-state index in [9.17, 15) is 4.79 Å².